The normalized spacial score (nSPS) is 16.8. The zero-order chi connectivity index (χ0) is 20.7. The van der Waals surface area contributed by atoms with Crippen molar-refractivity contribution in [1.82, 2.24) is 25.3 Å². The molecule has 0 aliphatic carbocycles. The number of carbonyl (C=O) groups is 2. The summed E-state index contributed by atoms with van der Waals surface area (Å²) in [6, 6.07) is -0.00136. The first-order chi connectivity index (χ1) is 13.3. The maximum absolute atomic E-state index is 12.3. The van der Waals surface area contributed by atoms with Crippen LogP contribution in [-0.4, -0.2) is 64.1 Å². The van der Waals surface area contributed by atoms with Gasteiger partial charge < -0.3 is 19.6 Å². The minimum atomic E-state index is -0.0388. The first-order valence-electron chi connectivity index (χ1n) is 10.4. The van der Waals surface area contributed by atoms with E-state index in [9.17, 15) is 9.59 Å². The van der Waals surface area contributed by atoms with Crippen molar-refractivity contribution < 1.29 is 14.1 Å². The van der Waals surface area contributed by atoms with Gasteiger partial charge in [-0.1, -0.05) is 32.9 Å². The number of nitrogens with one attached hydrogen (secondary N) is 1. The van der Waals surface area contributed by atoms with E-state index in [0.29, 0.717) is 56.2 Å². The first kappa shape index (κ1) is 22.2. The van der Waals surface area contributed by atoms with Crippen molar-refractivity contribution in [2.75, 3.05) is 26.2 Å². The van der Waals surface area contributed by atoms with Gasteiger partial charge in [-0.15, -0.1) is 0 Å². The van der Waals surface area contributed by atoms with Crippen molar-refractivity contribution in [2.45, 2.75) is 66.3 Å². The Morgan fingerprint density at radius 1 is 1.29 bits per heavy atom. The molecule has 28 heavy (non-hydrogen) atoms. The second kappa shape index (κ2) is 10.4. The monoisotopic (exact) mass is 393 g/mol. The van der Waals surface area contributed by atoms with Gasteiger partial charge in [0.05, 0.1) is 6.04 Å². The fourth-order valence-electron chi connectivity index (χ4n) is 3.40. The predicted molar refractivity (Wildman–Crippen MR) is 107 cm³/mol. The van der Waals surface area contributed by atoms with Gasteiger partial charge >= 0.3 is 6.03 Å². The molecule has 3 amide bonds. The lowest BCUT2D eigenvalue weighted by molar-refractivity contribution is -0.130. The molecule has 1 N–H and O–H groups in total. The lowest BCUT2D eigenvalue weighted by Crippen LogP contribution is -2.44. The Balaban J connectivity index is 1.84. The van der Waals surface area contributed by atoms with Crippen LogP contribution >= 0.6 is 0 Å². The summed E-state index contributed by atoms with van der Waals surface area (Å²) >= 11 is 0. The lowest BCUT2D eigenvalue weighted by atomic mass is 10.1. The summed E-state index contributed by atoms with van der Waals surface area (Å²) in [5.74, 6) is 2.30. The first-order valence-corrected chi connectivity index (χ1v) is 10.4. The molecule has 1 atom stereocenters. The lowest BCUT2D eigenvalue weighted by Gasteiger charge is -2.27. The van der Waals surface area contributed by atoms with Crippen molar-refractivity contribution in [3.05, 3.63) is 11.7 Å². The van der Waals surface area contributed by atoms with Crippen LogP contribution in [0.3, 0.4) is 0 Å². The minimum absolute atomic E-state index is 0.0120. The average Bonchev–Trinajstić information content (AvgIpc) is 3.24. The highest BCUT2D eigenvalue weighted by molar-refractivity contribution is 5.76. The van der Waals surface area contributed by atoms with Crippen LogP contribution in [0.2, 0.25) is 0 Å². The third kappa shape index (κ3) is 6.80. The number of nitrogens with zero attached hydrogens (tertiary/aromatic N) is 4. The molecule has 0 radical (unpaired) electrons. The van der Waals surface area contributed by atoms with E-state index in [0.717, 1.165) is 19.3 Å². The van der Waals surface area contributed by atoms with Crippen molar-refractivity contribution in [1.29, 1.82) is 0 Å². The zero-order valence-corrected chi connectivity index (χ0v) is 17.9. The van der Waals surface area contributed by atoms with E-state index in [-0.39, 0.29) is 18.0 Å². The van der Waals surface area contributed by atoms with Gasteiger partial charge in [-0.25, -0.2) is 4.79 Å². The van der Waals surface area contributed by atoms with Gasteiger partial charge in [0.2, 0.25) is 11.8 Å². The average molecular weight is 394 g/mol. The van der Waals surface area contributed by atoms with Crippen LogP contribution < -0.4 is 5.32 Å². The van der Waals surface area contributed by atoms with E-state index in [1.807, 2.05) is 4.90 Å². The fourth-order valence-corrected chi connectivity index (χ4v) is 3.40. The molecule has 0 saturated carbocycles. The highest BCUT2D eigenvalue weighted by Crippen LogP contribution is 2.17. The smallest absolute Gasteiger partial charge is 0.317 e. The quantitative estimate of drug-likeness (QED) is 0.696. The molecular formula is C20H35N5O3. The second-order valence-corrected chi connectivity index (χ2v) is 8.47. The van der Waals surface area contributed by atoms with Crippen LogP contribution in [0.4, 0.5) is 4.79 Å². The highest BCUT2D eigenvalue weighted by Gasteiger charge is 2.31. The molecule has 1 aliphatic heterocycles. The summed E-state index contributed by atoms with van der Waals surface area (Å²) in [4.78, 5) is 32.5. The SMILES string of the molecule is CC(=O)N(CCc1noc(CC(C)C)n1)C1CCN(C(=O)NCCC(C)C)C1. The molecule has 2 heterocycles. The fraction of sp³-hybridized carbons (Fsp3) is 0.800. The van der Waals surface area contributed by atoms with Gasteiger partial charge in [0.1, 0.15) is 0 Å². The van der Waals surface area contributed by atoms with E-state index in [4.69, 9.17) is 4.52 Å². The number of hydrogen-bond donors (Lipinski definition) is 1. The molecule has 158 valence electrons. The van der Waals surface area contributed by atoms with E-state index in [2.05, 4.69) is 43.2 Å². The van der Waals surface area contributed by atoms with E-state index >= 15 is 0 Å². The maximum atomic E-state index is 12.3. The van der Waals surface area contributed by atoms with E-state index in [1.165, 1.54) is 0 Å². The zero-order valence-electron chi connectivity index (χ0n) is 17.9. The maximum Gasteiger partial charge on any atom is 0.317 e. The molecule has 0 bridgehead atoms. The predicted octanol–water partition coefficient (Wildman–Crippen LogP) is 2.49. The van der Waals surface area contributed by atoms with Crippen molar-refractivity contribution in [3.8, 4) is 0 Å². The number of aromatic nitrogens is 2. The van der Waals surface area contributed by atoms with Crippen LogP contribution in [-0.2, 0) is 17.6 Å². The molecule has 8 heteroatoms. The molecule has 1 fully saturated rings. The standard InChI is InChI=1S/C20H35N5O3/c1-14(2)6-9-21-20(27)24-10-7-17(13-24)25(16(5)26)11-8-18-22-19(28-23-18)12-15(3)4/h14-15,17H,6-13H2,1-5H3,(H,21,27). The summed E-state index contributed by atoms with van der Waals surface area (Å²) in [5, 5.41) is 6.99. The van der Waals surface area contributed by atoms with Crippen LogP contribution in [0.1, 0.15) is 59.2 Å². The molecule has 0 spiro atoms. The van der Waals surface area contributed by atoms with Crippen LogP contribution in [0.5, 0.6) is 0 Å². The number of rotatable bonds is 9. The summed E-state index contributed by atoms with van der Waals surface area (Å²) in [6.45, 7) is 12.5. The summed E-state index contributed by atoms with van der Waals surface area (Å²) < 4.78 is 5.27. The topological polar surface area (TPSA) is 91.6 Å². The third-order valence-electron chi connectivity index (χ3n) is 4.96. The largest absolute Gasteiger partial charge is 0.339 e. The third-order valence-corrected chi connectivity index (χ3v) is 4.96. The Hall–Kier alpha value is -2.12. The van der Waals surface area contributed by atoms with Gasteiger partial charge in [0.25, 0.3) is 0 Å². The molecule has 0 aromatic carbocycles. The molecule has 2 rings (SSSR count). The molecule has 1 saturated heterocycles. The number of amides is 3. The summed E-state index contributed by atoms with van der Waals surface area (Å²) in [5.41, 5.74) is 0. The van der Waals surface area contributed by atoms with Crippen LogP contribution in [0.25, 0.3) is 0 Å². The Morgan fingerprint density at radius 2 is 2.04 bits per heavy atom. The molecular weight excluding hydrogens is 358 g/mol. The minimum Gasteiger partial charge on any atom is -0.339 e. The van der Waals surface area contributed by atoms with Crippen LogP contribution in [0.15, 0.2) is 4.52 Å². The van der Waals surface area contributed by atoms with Gasteiger partial charge in [-0.2, -0.15) is 4.98 Å². The number of urea groups is 1. The number of carbonyl (C=O) groups excluding carboxylic acids is 2. The number of hydrogen-bond acceptors (Lipinski definition) is 5. The molecule has 1 aromatic heterocycles. The number of likely N-dealkylation sites (tertiary alicyclic amines) is 1. The van der Waals surface area contributed by atoms with E-state index < -0.39 is 0 Å². The Morgan fingerprint density at radius 3 is 2.68 bits per heavy atom. The van der Waals surface area contributed by atoms with Gasteiger partial charge in [0, 0.05) is 45.9 Å². The van der Waals surface area contributed by atoms with Crippen LogP contribution in [0, 0.1) is 11.8 Å². The summed E-state index contributed by atoms with van der Waals surface area (Å²) in [6.07, 6.45) is 3.07. The Labute approximate surface area is 168 Å². The van der Waals surface area contributed by atoms with Gasteiger partial charge in [-0.05, 0) is 24.7 Å². The van der Waals surface area contributed by atoms with Gasteiger partial charge in [-0.3, -0.25) is 4.79 Å². The molecule has 8 nitrogen and oxygen atoms in total. The molecule has 1 aliphatic rings. The second-order valence-electron chi connectivity index (χ2n) is 8.47. The van der Waals surface area contributed by atoms with Crippen molar-refractivity contribution >= 4 is 11.9 Å². The van der Waals surface area contributed by atoms with E-state index in [1.54, 1.807) is 11.8 Å². The van der Waals surface area contributed by atoms with Crippen molar-refractivity contribution in [2.24, 2.45) is 11.8 Å². The Bertz CT molecular complexity index is 644. The summed E-state index contributed by atoms with van der Waals surface area (Å²) in [7, 11) is 0. The van der Waals surface area contributed by atoms with Crippen molar-refractivity contribution in [3.63, 3.8) is 0 Å². The Kier molecular flexibility index (Phi) is 8.26. The molecule has 1 aromatic rings. The van der Waals surface area contributed by atoms with Gasteiger partial charge in [0.15, 0.2) is 5.82 Å². The highest BCUT2D eigenvalue weighted by atomic mass is 16.5. The molecule has 1 unspecified atom stereocenters.